The molecule has 30 heavy (non-hydrogen) atoms. The largest absolute Gasteiger partial charge is 0.493 e. The van der Waals surface area contributed by atoms with E-state index >= 15 is 0 Å². The number of methoxy groups -OCH3 is 2. The fourth-order valence-electron chi connectivity index (χ4n) is 3.33. The molecule has 0 radical (unpaired) electrons. The minimum Gasteiger partial charge on any atom is -0.493 e. The van der Waals surface area contributed by atoms with Crippen LogP contribution in [0.25, 0.3) is 16.6 Å². The van der Waals surface area contributed by atoms with Gasteiger partial charge in [0.25, 0.3) is 0 Å². The number of nitrogens with two attached hydrogens (primary N) is 1. The Bertz CT molecular complexity index is 956. The second kappa shape index (κ2) is 10.1. The van der Waals surface area contributed by atoms with Crippen LogP contribution in [0.5, 0.6) is 11.5 Å². The van der Waals surface area contributed by atoms with E-state index in [9.17, 15) is 4.79 Å². The number of carbonyl (C=O) groups excluding carboxylic acids is 1. The molecule has 0 spiro atoms. The normalized spacial score (nSPS) is 14.9. The number of anilines is 1. The molecule has 2 N–H and O–H groups in total. The lowest BCUT2D eigenvalue weighted by molar-refractivity contribution is -0.148. The van der Waals surface area contributed by atoms with Crippen LogP contribution in [-0.2, 0) is 9.53 Å². The standard InChI is InChI=1S/C22H25N3O4S/c1-24-18(15-4-6-19(27-2)20(12-15)28-3)13-17-5-7-21(30-17)25-10-8-16(9-11-25)29-22(26)14-23/h4-7,12-13,16H,8-11,14,23H2,2-3H3/b18-13-. The average Bonchev–Trinajstić information content (AvgIpc) is 3.26. The van der Waals surface area contributed by atoms with Crippen molar-refractivity contribution in [3.05, 3.63) is 52.2 Å². The van der Waals surface area contributed by atoms with E-state index in [2.05, 4.69) is 15.8 Å². The molecule has 0 unspecified atom stereocenters. The summed E-state index contributed by atoms with van der Waals surface area (Å²) in [6.45, 7) is 9.15. The van der Waals surface area contributed by atoms with Gasteiger partial charge in [-0.25, -0.2) is 4.85 Å². The zero-order chi connectivity index (χ0) is 21.5. The molecule has 158 valence electrons. The Hall–Kier alpha value is -3.02. The van der Waals surface area contributed by atoms with Crippen molar-refractivity contribution in [3.63, 3.8) is 0 Å². The Morgan fingerprint density at radius 2 is 1.97 bits per heavy atom. The molecule has 1 fully saturated rings. The molecule has 0 atom stereocenters. The maximum atomic E-state index is 11.4. The lowest BCUT2D eigenvalue weighted by Crippen LogP contribution is -2.38. The number of piperidine rings is 1. The van der Waals surface area contributed by atoms with Crippen LogP contribution in [0.1, 0.15) is 23.3 Å². The number of esters is 1. The number of nitrogens with zero attached hydrogens (tertiary/aromatic N) is 2. The molecular formula is C22H25N3O4S. The fourth-order valence-corrected chi connectivity index (χ4v) is 4.32. The fraction of sp³-hybridized carbons (Fsp3) is 0.364. The zero-order valence-electron chi connectivity index (χ0n) is 17.1. The molecule has 0 saturated carbocycles. The molecule has 1 aromatic carbocycles. The van der Waals surface area contributed by atoms with Crippen LogP contribution in [0.2, 0.25) is 0 Å². The summed E-state index contributed by atoms with van der Waals surface area (Å²) in [6.07, 6.45) is 3.40. The molecule has 0 amide bonds. The highest BCUT2D eigenvalue weighted by atomic mass is 32.1. The molecule has 8 heteroatoms. The van der Waals surface area contributed by atoms with Crippen molar-refractivity contribution >= 4 is 34.1 Å². The van der Waals surface area contributed by atoms with Crippen LogP contribution < -0.4 is 20.1 Å². The summed E-state index contributed by atoms with van der Waals surface area (Å²) in [7, 11) is 3.16. The van der Waals surface area contributed by atoms with Crippen molar-refractivity contribution in [2.24, 2.45) is 5.73 Å². The number of ether oxygens (including phenoxy) is 3. The lowest BCUT2D eigenvalue weighted by atomic mass is 10.1. The van der Waals surface area contributed by atoms with Crippen LogP contribution in [0.15, 0.2) is 30.3 Å². The Balaban J connectivity index is 1.70. The molecule has 1 aromatic heterocycles. The first-order valence-corrected chi connectivity index (χ1v) is 10.5. The van der Waals surface area contributed by atoms with Crippen LogP contribution >= 0.6 is 11.3 Å². The molecule has 2 aromatic rings. The van der Waals surface area contributed by atoms with Gasteiger partial charge >= 0.3 is 5.97 Å². The van der Waals surface area contributed by atoms with Gasteiger partial charge in [-0.05, 0) is 35.9 Å². The Labute approximate surface area is 180 Å². The maximum absolute atomic E-state index is 11.4. The molecule has 1 aliphatic heterocycles. The summed E-state index contributed by atoms with van der Waals surface area (Å²) in [5.74, 6) is 0.873. The zero-order valence-corrected chi connectivity index (χ0v) is 17.9. The molecular weight excluding hydrogens is 402 g/mol. The van der Waals surface area contributed by atoms with Gasteiger partial charge in [-0.15, -0.1) is 11.3 Å². The molecule has 3 rings (SSSR count). The third kappa shape index (κ3) is 5.12. The number of hydrogen-bond acceptors (Lipinski definition) is 7. The number of rotatable bonds is 7. The third-order valence-electron chi connectivity index (χ3n) is 4.91. The quantitative estimate of drug-likeness (QED) is 0.537. The van der Waals surface area contributed by atoms with Crippen molar-refractivity contribution in [2.75, 3.05) is 38.8 Å². The highest BCUT2D eigenvalue weighted by Gasteiger charge is 2.23. The van der Waals surface area contributed by atoms with Gasteiger partial charge in [0.05, 0.1) is 32.3 Å². The van der Waals surface area contributed by atoms with Crippen LogP contribution in [-0.4, -0.2) is 45.9 Å². The van der Waals surface area contributed by atoms with Crippen molar-refractivity contribution in [3.8, 4) is 11.5 Å². The van der Waals surface area contributed by atoms with Gasteiger partial charge in [0.2, 0.25) is 0 Å². The first kappa shape index (κ1) is 21.7. The van der Waals surface area contributed by atoms with Gasteiger partial charge in [-0.2, -0.15) is 0 Å². The topological polar surface area (TPSA) is 78.4 Å². The molecule has 7 nitrogen and oxygen atoms in total. The molecule has 0 aliphatic carbocycles. The van der Waals surface area contributed by atoms with Crippen LogP contribution in [0, 0.1) is 6.57 Å². The number of carbonyl (C=O) groups is 1. The first-order chi connectivity index (χ1) is 14.6. The molecule has 0 bridgehead atoms. The van der Waals surface area contributed by atoms with E-state index in [1.54, 1.807) is 31.6 Å². The summed E-state index contributed by atoms with van der Waals surface area (Å²) in [5, 5.41) is 1.14. The number of hydrogen-bond donors (Lipinski definition) is 1. The summed E-state index contributed by atoms with van der Waals surface area (Å²) >= 11 is 1.64. The van der Waals surface area contributed by atoms with Crippen LogP contribution in [0.4, 0.5) is 5.00 Å². The highest BCUT2D eigenvalue weighted by Crippen LogP contribution is 2.34. The smallest absolute Gasteiger partial charge is 0.319 e. The van der Waals surface area contributed by atoms with E-state index in [4.69, 9.17) is 26.5 Å². The second-order valence-electron chi connectivity index (χ2n) is 6.77. The lowest BCUT2D eigenvalue weighted by Gasteiger charge is -2.32. The van der Waals surface area contributed by atoms with E-state index < -0.39 is 0 Å². The van der Waals surface area contributed by atoms with Crippen LogP contribution in [0.3, 0.4) is 0 Å². The van der Waals surface area contributed by atoms with Crippen molar-refractivity contribution in [1.82, 2.24) is 0 Å². The number of benzene rings is 1. The minimum absolute atomic E-state index is 0.0598. The molecule has 2 heterocycles. The number of thiophene rings is 1. The summed E-state index contributed by atoms with van der Waals surface area (Å²) < 4.78 is 15.9. The summed E-state index contributed by atoms with van der Waals surface area (Å²) in [5.41, 5.74) is 6.63. The molecule has 1 saturated heterocycles. The summed E-state index contributed by atoms with van der Waals surface area (Å²) in [4.78, 5) is 18.3. The van der Waals surface area contributed by atoms with E-state index in [-0.39, 0.29) is 18.6 Å². The van der Waals surface area contributed by atoms with Gasteiger partial charge in [-0.1, -0.05) is 6.07 Å². The first-order valence-electron chi connectivity index (χ1n) is 9.63. The van der Waals surface area contributed by atoms with Gasteiger partial charge in [0.1, 0.15) is 6.10 Å². The van der Waals surface area contributed by atoms with Gasteiger partial charge < -0.3 is 24.8 Å². The monoisotopic (exact) mass is 427 g/mol. The molecule has 1 aliphatic rings. The van der Waals surface area contributed by atoms with Crippen molar-refractivity contribution in [2.45, 2.75) is 18.9 Å². The predicted molar refractivity (Wildman–Crippen MR) is 119 cm³/mol. The van der Waals surface area contributed by atoms with Crippen molar-refractivity contribution in [1.29, 1.82) is 0 Å². The van der Waals surface area contributed by atoms with Gasteiger partial charge in [0.15, 0.2) is 17.2 Å². The Morgan fingerprint density at radius 1 is 1.23 bits per heavy atom. The van der Waals surface area contributed by atoms with Gasteiger partial charge in [0, 0.05) is 30.8 Å². The van der Waals surface area contributed by atoms with Gasteiger partial charge in [-0.3, -0.25) is 4.79 Å². The van der Waals surface area contributed by atoms with Crippen molar-refractivity contribution < 1.29 is 19.0 Å². The summed E-state index contributed by atoms with van der Waals surface area (Å²) in [6, 6.07) is 9.55. The van der Waals surface area contributed by atoms with E-state index in [1.165, 1.54) is 0 Å². The predicted octanol–water partition coefficient (Wildman–Crippen LogP) is 3.65. The second-order valence-corrected chi connectivity index (χ2v) is 7.86. The maximum Gasteiger partial charge on any atom is 0.319 e. The van der Waals surface area contributed by atoms with E-state index in [0.717, 1.165) is 41.4 Å². The minimum atomic E-state index is -0.348. The third-order valence-corrected chi connectivity index (χ3v) is 6.00. The van der Waals surface area contributed by atoms with E-state index in [1.807, 2.05) is 24.3 Å². The Kier molecular flexibility index (Phi) is 7.33. The average molecular weight is 428 g/mol. The Morgan fingerprint density at radius 3 is 2.60 bits per heavy atom. The SMILES string of the molecule is [C-]#[N+]/C(=C\c1ccc(N2CCC(OC(=O)CN)CC2)s1)c1ccc(OC)c(OC)c1. The highest BCUT2D eigenvalue weighted by molar-refractivity contribution is 7.17. The van der Waals surface area contributed by atoms with E-state index in [0.29, 0.717) is 17.2 Å².